The van der Waals surface area contributed by atoms with Crippen LogP contribution in [0.3, 0.4) is 0 Å². The van der Waals surface area contributed by atoms with E-state index in [1.807, 2.05) is 0 Å². The van der Waals surface area contributed by atoms with Crippen molar-refractivity contribution in [1.82, 2.24) is 9.21 Å². The Labute approximate surface area is 157 Å². The first kappa shape index (κ1) is 20.8. The van der Waals surface area contributed by atoms with Crippen molar-refractivity contribution in [2.45, 2.75) is 31.0 Å². The van der Waals surface area contributed by atoms with Gasteiger partial charge in [0.25, 0.3) is 5.92 Å². The second-order valence-corrected chi connectivity index (χ2v) is 8.81. The number of hydrogen-bond acceptors (Lipinski definition) is 4. The van der Waals surface area contributed by atoms with Crippen molar-refractivity contribution in [2.75, 3.05) is 25.4 Å². The molecule has 0 aliphatic carbocycles. The molecule has 1 atom stereocenters. The third-order valence-electron chi connectivity index (χ3n) is 4.58. The predicted molar refractivity (Wildman–Crippen MR) is 87.5 cm³/mol. The van der Waals surface area contributed by atoms with Gasteiger partial charge in [0.05, 0.1) is 17.9 Å². The molecule has 2 aliphatic rings. The summed E-state index contributed by atoms with van der Waals surface area (Å²) >= 11 is 0. The fourth-order valence-corrected chi connectivity index (χ4v) is 5.08. The summed E-state index contributed by atoms with van der Waals surface area (Å²) in [6.07, 6.45) is -6.14. The number of hydrogen-bond donors (Lipinski definition) is 0. The number of nitrogens with zero attached hydrogens (tertiary/aromatic N) is 2. The molecule has 2 aliphatic heterocycles. The lowest BCUT2D eigenvalue weighted by Crippen LogP contribution is -2.57. The van der Waals surface area contributed by atoms with Crippen LogP contribution in [-0.4, -0.2) is 61.1 Å². The number of halogens is 5. The van der Waals surface area contributed by atoms with Crippen LogP contribution in [0.15, 0.2) is 24.3 Å². The Bertz CT molecular complexity index is 842. The van der Waals surface area contributed by atoms with Gasteiger partial charge in [-0.1, -0.05) is 0 Å². The molecule has 0 N–H and O–H groups in total. The van der Waals surface area contributed by atoms with E-state index in [4.69, 9.17) is 4.74 Å². The normalized spacial score (nSPS) is 24.9. The molecule has 12 heteroatoms. The molecule has 1 aromatic carbocycles. The van der Waals surface area contributed by atoms with E-state index in [0.29, 0.717) is 23.5 Å². The van der Waals surface area contributed by atoms with Crippen LogP contribution in [0.5, 0.6) is 5.75 Å². The number of amides is 1. The number of carbonyl (C=O) groups excluding carboxylic acids is 1. The average Bonchev–Trinajstić information content (AvgIpc) is 2.92. The van der Waals surface area contributed by atoms with Gasteiger partial charge in [-0.25, -0.2) is 22.0 Å². The van der Waals surface area contributed by atoms with E-state index >= 15 is 0 Å². The topological polar surface area (TPSA) is 66.9 Å². The summed E-state index contributed by atoms with van der Waals surface area (Å²) in [6, 6.07) is 2.13. The van der Waals surface area contributed by atoms with Gasteiger partial charge in [0, 0.05) is 25.6 Å². The van der Waals surface area contributed by atoms with E-state index < -0.39 is 52.8 Å². The van der Waals surface area contributed by atoms with Gasteiger partial charge in [-0.2, -0.15) is 17.5 Å². The first-order valence-corrected chi connectivity index (χ1v) is 10.00. The van der Waals surface area contributed by atoms with E-state index in [-0.39, 0.29) is 24.6 Å². The fraction of sp³-hybridized carbons (Fsp3) is 0.562. The maximum Gasteiger partial charge on any atom is 0.416 e. The Morgan fingerprint density at radius 1 is 1.18 bits per heavy atom. The van der Waals surface area contributed by atoms with Crippen LogP contribution in [0.4, 0.5) is 26.7 Å². The summed E-state index contributed by atoms with van der Waals surface area (Å²) in [4.78, 5) is 12.9. The Hall–Kier alpha value is -1.95. The zero-order valence-corrected chi connectivity index (χ0v) is 15.3. The van der Waals surface area contributed by atoms with Crippen molar-refractivity contribution in [3.8, 4) is 5.75 Å². The Morgan fingerprint density at radius 3 is 2.36 bits per heavy atom. The molecule has 0 spiro atoms. The molecular weight excluding hydrogens is 411 g/mol. The van der Waals surface area contributed by atoms with Crippen LogP contribution in [0.2, 0.25) is 0 Å². The highest BCUT2D eigenvalue weighted by Crippen LogP contribution is 2.33. The first-order chi connectivity index (χ1) is 12.9. The summed E-state index contributed by atoms with van der Waals surface area (Å²) in [7, 11) is -3.65. The molecule has 156 valence electrons. The Balaban J connectivity index is 1.72. The van der Waals surface area contributed by atoms with E-state index in [1.54, 1.807) is 0 Å². The number of carbonyl (C=O) groups is 1. The molecule has 1 amide bonds. The number of benzene rings is 1. The molecule has 0 radical (unpaired) electrons. The molecule has 28 heavy (non-hydrogen) atoms. The zero-order chi connectivity index (χ0) is 20.7. The molecule has 6 nitrogen and oxygen atoms in total. The molecule has 2 fully saturated rings. The van der Waals surface area contributed by atoms with Crippen molar-refractivity contribution < 1.29 is 39.9 Å². The molecule has 0 aromatic heterocycles. The molecule has 2 saturated heterocycles. The smallest absolute Gasteiger partial charge is 0.410 e. The lowest BCUT2D eigenvalue weighted by atomic mass is 10.0. The molecule has 1 aromatic rings. The molecule has 0 bridgehead atoms. The SMILES string of the molecule is O=C(Oc1ccc(C(F)(F)F)cc1)N1C[C@@H](N2CCCS2(=O)=O)CC(F)(F)C1. The van der Waals surface area contributed by atoms with Crippen molar-refractivity contribution in [2.24, 2.45) is 0 Å². The van der Waals surface area contributed by atoms with Crippen LogP contribution >= 0.6 is 0 Å². The van der Waals surface area contributed by atoms with E-state index in [9.17, 15) is 35.2 Å². The van der Waals surface area contributed by atoms with Crippen molar-refractivity contribution in [3.05, 3.63) is 29.8 Å². The average molecular weight is 428 g/mol. The standard InChI is InChI=1S/C16H17F5N2O4S/c17-15(18)8-12(23-6-1-7-28(23,25)26)9-22(10-15)14(24)27-13-4-2-11(3-5-13)16(19,20)21/h2-5,12H,1,6-10H2/t12-/m0/s1. The summed E-state index contributed by atoms with van der Waals surface area (Å²) in [5.41, 5.74) is -0.948. The number of rotatable bonds is 2. The van der Waals surface area contributed by atoms with Gasteiger partial charge in [0.15, 0.2) is 0 Å². The van der Waals surface area contributed by atoms with Crippen LogP contribution in [-0.2, 0) is 16.2 Å². The highest BCUT2D eigenvalue weighted by Gasteiger charge is 2.48. The minimum Gasteiger partial charge on any atom is -0.410 e. The van der Waals surface area contributed by atoms with Gasteiger partial charge < -0.3 is 9.64 Å². The van der Waals surface area contributed by atoms with Gasteiger partial charge in [-0.3, -0.25) is 0 Å². The number of likely N-dealkylation sites (tertiary alicyclic amines) is 1. The Morgan fingerprint density at radius 2 is 1.82 bits per heavy atom. The second kappa shape index (κ2) is 7.14. The van der Waals surface area contributed by atoms with Crippen molar-refractivity contribution in [1.29, 1.82) is 0 Å². The van der Waals surface area contributed by atoms with Crippen LogP contribution in [0.25, 0.3) is 0 Å². The quantitative estimate of drug-likeness (QED) is 0.680. The fourth-order valence-electron chi connectivity index (χ4n) is 3.35. The highest BCUT2D eigenvalue weighted by molar-refractivity contribution is 7.89. The number of ether oxygens (including phenoxy) is 1. The number of alkyl halides is 5. The van der Waals surface area contributed by atoms with Gasteiger partial charge in [0.1, 0.15) is 5.75 Å². The van der Waals surface area contributed by atoms with Crippen LogP contribution in [0, 0.1) is 0 Å². The monoisotopic (exact) mass is 428 g/mol. The second-order valence-electron chi connectivity index (χ2n) is 6.76. The largest absolute Gasteiger partial charge is 0.416 e. The lowest BCUT2D eigenvalue weighted by molar-refractivity contribution is -0.137. The van der Waals surface area contributed by atoms with Crippen LogP contribution in [0.1, 0.15) is 18.4 Å². The third kappa shape index (κ3) is 4.54. The molecule has 0 unspecified atom stereocenters. The summed E-state index contributed by atoms with van der Waals surface area (Å²) in [5.74, 6) is -3.69. The van der Waals surface area contributed by atoms with E-state index in [1.165, 1.54) is 0 Å². The summed E-state index contributed by atoms with van der Waals surface area (Å²) in [6.45, 7) is -1.14. The van der Waals surface area contributed by atoms with Gasteiger partial charge >= 0.3 is 12.3 Å². The molecule has 0 saturated carbocycles. The van der Waals surface area contributed by atoms with E-state index in [2.05, 4.69) is 0 Å². The number of piperidine rings is 1. The zero-order valence-electron chi connectivity index (χ0n) is 14.5. The maximum atomic E-state index is 14.1. The van der Waals surface area contributed by atoms with Gasteiger partial charge in [0.2, 0.25) is 10.0 Å². The Kier molecular flexibility index (Phi) is 5.30. The van der Waals surface area contributed by atoms with Gasteiger partial charge in [-0.15, -0.1) is 0 Å². The molecule has 3 rings (SSSR count). The van der Waals surface area contributed by atoms with Crippen molar-refractivity contribution >= 4 is 16.1 Å². The number of sulfonamides is 1. The first-order valence-electron chi connectivity index (χ1n) is 8.39. The summed E-state index contributed by atoms with van der Waals surface area (Å²) < 4.78 is 95.8. The van der Waals surface area contributed by atoms with Crippen LogP contribution < -0.4 is 4.74 Å². The molecule has 2 heterocycles. The van der Waals surface area contributed by atoms with Crippen molar-refractivity contribution in [3.63, 3.8) is 0 Å². The lowest BCUT2D eigenvalue weighted by Gasteiger charge is -2.39. The minimum atomic E-state index is -4.56. The molecular formula is C16H17F5N2O4S. The maximum absolute atomic E-state index is 14.1. The summed E-state index contributed by atoms with van der Waals surface area (Å²) in [5, 5.41) is 0. The minimum absolute atomic E-state index is 0.102. The highest BCUT2D eigenvalue weighted by atomic mass is 32.2. The third-order valence-corrected chi connectivity index (χ3v) is 6.58. The predicted octanol–water partition coefficient (Wildman–Crippen LogP) is 2.95. The van der Waals surface area contributed by atoms with Gasteiger partial charge in [-0.05, 0) is 30.7 Å². The van der Waals surface area contributed by atoms with E-state index in [0.717, 1.165) is 16.4 Å².